The van der Waals surface area contributed by atoms with E-state index in [0.717, 1.165) is 59.7 Å². The number of ether oxygens (including phenoxy) is 1. The van der Waals surface area contributed by atoms with E-state index in [1.54, 1.807) is 0 Å². The van der Waals surface area contributed by atoms with Crippen molar-refractivity contribution in [1.29, 1.82) is 0 Å². The molecule has 8 heteroatoms. The predicted molar refractivity (Wildman–Crippen MR) is 124 cm³/mol. The van der Waals surface area contributed by atoms with Crippen molar-refractivity contribution in [1.82, 2.24) is 19.7 Å². The molecule has 0 bridgehead atoms. The molecule has 0 atom stereocenters. The molecule has 0 unspecified atom stereocenters. The number of nitrogens with zero attached hydrogens (tertiary/aromatic N) is 5. The van der Waals surface area contributed by atoms with Crippen molar-refractivity contribution < 1.29 is 4.74 Å². The summed E-state index contributed by atoms with van der Waals surface area (Å²) in [5, 5.41) is 5.91. The van der Waals surface area contributed by atoms with Crippen LogP contribution in [0.25, 0.3) is 11.1 Å². The van der Waals surface area contributed by atoms with Gasteiger partial charge in [0.15, 0.2) is 0 Å². The number of hydrogen-bond acceptors (Lipinski definition) is 6. The van der Waals surface area contributed by atoms with E-state index in [0.29, 0.717) is 10.4 Å². The van der Waals surface area contributed by atoms with Gasteiger partial charge in [-0.1, -0.05) is 35.5 Å². The highest BCUT2D eigenvalue weighted by Gasteiger charge is 2.38. The molecule has 0 N–H and O–H groups in total. The smallest absolute Gasteiger partial charge is 0.147 e. The number of hydrogen-bond donors (Lipinski definition) is 0. The van der Waals surface area contributed by atoms with Crippen LogP contribution in [0.5, 0.6) is 0 Å². The van der Waals surface area contributed by atoms with Crippen LogP contribution in [0.15, 0.2) is 52.9 Å². The first-order valence-electron chi connectivity index (χ1n) is 10.8. The molecule has 2 aliphatic rings. The van der Waals surface area contributed by atoms with Crippen molar-refractivity contribution in [2.24, 2.45) is 5.41 Å². The zero-order valence-corrected chi connectivity index (χ0v) is 19.2. The van der Waals surface area contributed by atoms with Gasteiger partial charge in [0.25, 0.3) is 0 Å². The van der Waals surface area contributed by atoms with E-state index < -0.39 is 0 Å². The van der Waals surface area contributed by atoms with Gasteiger partial charge < -0.3 is 9.64 Å². The molecule has 3 aromatic rings. The van der Waals surface area contributed by atoms with Crippen molar-refractivity contribution in [3.63, 3.8) is 0 Å². The van der Waals surface area contributed by atoms with Gasteiger partial charge in [-0.15, -0.1) is 0 Å². The van der Waals surface area contributed by atoms with E-state index in [9.17, 15) is 0 Å². The second kappa shape index (κ2) is 8.81. The van der Waals surface area contributed by atoms with Gasteiger partial charge in [0.1, 0.15) is 10.8 Å². The van der Waals surface area contributed by atoms with E-state index >= 15 is 0 Å². The Labute approximate surface area is 192 Å². The number of aromatic nitrogens is 4. The molecule has 2 aliphatic heterocycles. The summed E-state index contributed by atoms with van der Waals surface area (Å²) in [6, 6.07) is 6.06. The fourth-order valence-corrected chi connectivity index (χ4v) is 5.51. The maximum Gasteiger partial charge on any atom is 0.147 e. The lowest BCUT2D eigenvalue weighted by atomic mass is 9.78. The fourth-order valence-electron chi connectivity index (χ4n) is 4.38. The Morgan fingerprint density at radius 3 is 2.68 bits per heavy atom. The topological polar surface area (TPSA) is 56.1 Å². The lowest BCUT2D eigenvalue weighted by Crippen LogP contribution is -2.40. The van der Waals surface area contributed by atoms with Gasteiger partial charge in [0, 0.05) is 48.5 Å². The first-order chi connectivity index (χ1) is 15.2. The third-order valence-corrected chi connectivity index (χ3v) is 7.89. The Morgan fingerprint density at radius 2 is 2.00 bits per heavy atom. The molecule has 0 saturated carbocycles. The van der Waals surface area contributed by atoms with Crippen LogP contribution in [0.3, 0.4) is 0 Å². The molecule has 5 rings (SSSR count). The first kappa shape index (κ1) is 20.8. The molecular formula is C23H26ClN5OS. The van der Waals surface area contributed by atoms with Gasteiger partial charge in [0.2, 0.25) is 0 Å². The van der Waals surface area contributed by atoms with Crippen LogP contribution < -0.4 is 4.90 Å². The molecular weight excluding hydrogens is 430 g/mol. The van der Waals surface area contributed by atoms with Crippen LogP contribution in [0.1, 0.15) is 26.2 Å². The molecule has 0 radical (unpaired) electrons. The number of aryl methyl sites for hydroxylation is 1. The minimum atomic E-state index is 0.398. The van der Waals surface area contributed by atoms with E-state index in [2.05, 4.69) is 21.9 Å². The standard InChI is InChI=1S/C23H26ClN5OS/c1-2-29-15-17(12-27-29)18-4-3-5-19(22(18)24)31-21-14-25-20(13-26-21)28-9-6-23(7-10-28)8-11-30-16-23/h3-5,12-15H,2,6-11,16H2,1H3. The zero-order chi connectivity index (χ0) is 21.3. The number of piperidine rings is 1. The molecule has 6 nitrogen and oxygen atoms in total. The van der Waals surface area contributed by atoms with E-state index in [1.807, 2.05) is 47.7 Å². The predicted octanol–water partition coefficient (Wildman–Crippen LogP) is 5.17. The minimum absolute atomic E-state index is 0.398. The molecule has 1 spiro atoms. The third kappa shape index (κ3) is 4.31. The summed E-state index contributed by atoms with van der Waals surface area (Å²) in [7, 11) is 0. The van der Waals surface area contributed by atoms with Crippen molar-refractivity contribution in [3.8, 4) is 11.1 Å². The van der Waals surface area contributed by atoms with Gasteiger partial charge in [-0.25, -0.2) is 9.97 Å². The number of anilines is 1. The monoisotopic (exact) mass is 455 g/mol. The Balaban J connectivity index is 1.27. The highest BCUT2D eigenvalue weighted by atomic mass is 35.5. The quantitative estimate of drug-likeness (QED) is 0.529. The van der Waals surface area contributed by atoms with Gasteiger partial charge in [-0.3, -0.25) is 4.68 Å². The number of rotatable bonds is 5. The second-order valence-corrected chi connectivity index (χ2v) is 9.75. The molecule has 162 valence electrons. The highest BCUT2D eigenvalue weighted by Crippen LogP contribution is 2.41. The fraction of sp³-hybridized carbons (Fsp3) is 0.435. The van der Waals surface area contributed by atoms with Crippen molar-refractivity contribution in [2.45, 2.75) is 42.7 Å². The summed E-state index contributed by atoms with van der Waals surface area (Å²) in [4.78, 5) is 12.7. The van der Waals surface area contributed by atoms with Crippen LogP contribution in [0.4, 0.5) is 5.82 Å². The average Bonchev–Trinajstić information content (AvgIpc) is 3.46. The van der Waals surface area contributed by atoms with Crippen molar-refractivity contribution in [3.05, 3.63) is 48.0 Å². The zero-order valence-electron chi connectivity index (χ0n) is 17.6. The first-order valence-corrected chi connectivity index (χ1v) is 12.0. The summed E-state index contributed by atoms with van der Waals surface area (Å²) in [5.74, 6) is 0.949. The highest BCUT2D eigenvalue weighted by molar-refractivity contribution is 7.99. The lowest BCUT2D eigenvalue weighted by molar-refractivity contribution is 0.133. The molecule has 1 aromatic carbocycles. The summed E-state index contributed by atoms with van der Waals surface area (Å²) < 4.78 is 7.54. The van der Waals surface area contributed by atoms with Crippen LogP contribution in [-0.4, -0.2) is 46.1 Å². The summed E-state index contributed by atoms with van der Waals surface area (Å²) in [6.45, 7) is 6.77. The van der Waals surface area contributed by atoms with Gasteiger partial charge in [0.05, 0.1) is 30.2 Å². The van der Waals surface area contributed by atoms with E-state index in [-0.39, 0.29) is 0 Å². The maximum atomic E-state index is 6.73. The van der Waals surface area contributed by atoms with Gasteiger partial charge >= 0.3 is 0 Å². The third-order valence-electron chi connectivity index (χ3n) is 6.39. The largest absolute Gasteiger partial charge is 0.381 e. The van der Waals surface area contributed by atoms with E-state index in [1.165, 1.54) is 31.0 Å². The van der Waals surface area contributed by atoms with Crippen LogP contribution in [-0.2, 0) is 11.3 Å². The SMILES string of the molecule is CCn1cc(-c2cccc(Sc3cnc(N4CCC5(CCOC5)CC4)cn3)c2Cl)cn1. The number of halogens is 1. The summed E-state index contributed by atoms with van der Waals surface area (Å²) >= 11 is 8.27. The summed E-state index contributed by atoms with van der Waals surface area (Å²) in [5.41, 5.74) is 2.40. The van der Waals surface area contributed by atoms with Crippen molar-refractivity contribution in [2.75, 3.05) is 31.2 Å². The normalized spacial score (nSPS) is 18.1. The average molecular weight is 456 g/mol. The van der Waals surface area contributed by atoms with Crippen LogP contribution in [0, 0.1) is 5.41 Å². The lowest BCUT2D eigenvalue weighted by Gasteiger charge is -2.38. The van der Waals surface area contributed by atoms with Crippen molar-refractivity contribution >= 4 is 29.2 Å². The molecule has 0 aliphatic carbocycles. The Morgan fingerprint density at radius 1 is 1.13 bits per heavy atom. The van der Waals surface area contributed by atoms with Crippen LogP contribution >= 0.6 is 23.4 Å². The Kier molecular flexibility index (Phi) is 5.91. The molecule has 2 saturated heterocycles. The van der Waals surface area contributed by atoms with Crippen LogP contribution in [0.2, 0.25) is 5.02 Å². The molecule has 31 heavy (non-hydrogen) atoms. The molecule has 0 amide bonds. The second-order valence-electron chi connectivity index (χ2n) is 8.31. The molecule has 2 aromatic heterocycles. The maximum absolute atomic E-state index is 6.73. The van der Waals surface area contributed by atoms with E-state index in [4.69, 9.17) is 21.3 Å². The molecule has 2 fully saturated rings. The minimum Gasteiger partial charge on any atom is -0.381 e. The molecule has 4 heterocycles. The Bertz CT molecular complexity index is 1040. The van der Waals surface area contributed by atoms with Gasteiger partial charge in [-0.2, -0.15) is 5.10 Å². The number of benzene rings is 1. The Hall–Kier alpha value is -2.09. The van der Waals surface area contributed by atoms with Gasteiger partial charge in [-0.05, 0) is 37.7 Å². The summed E-state index contributed by atoms with van der Waals surface area (Å²) in [6.07, 6.45) is 11.1.